The number of aliphatic carboxylic acids is 1. The highest BCUT2D eigenvalue weighted by Crippen LogP contribution is 2.28. The van der Waals surface area contributed by atoms with Crippen molar-refractivity contribution in [2.24, 2.45) is 11.8 Å². The fourth-order valence-electron chi connectivity index (χ4n) is 2.94. The summed E-state index contributed by atoms with van der Waals surface area (Å²) in [6.07, 6.45) is 3.31. The van der Waals surface area contributed by atoms with E-state index in [1.807, 2.05) is 25.9 Å². The van der Waals surface area contributed by atoms with E-state index in [0.717, 1.165) is 18.7 Å². The second kappa shape index (κ2) is 6.77. The van der Waals surface area contributed by atoms with Gasteiger partial charge in [-0.2, -0.15) is 0 Å². The van der Waals surface area contributed by atoms with Gasteiger partial charge in [-0.3, -0.25) is 9.59 Å². The zero-order valence-corrected chi connectivity index (χ0v) is 13.3. The average Bonchev–Trinajstić information content (AvgIpc) is 2.91. The Balaban J connectivity index is 2.11. The van der Waals surface area contributed by atoms with Crippen LogP contribution in [0.2, 0.25) is 0 Å². The van der Waals surface area contributed by atoms with Crippen LogP contribution in [0.1, 0.15) is 30.1 Å². The summed E-state index contributed by atoms with van der Waals surface area (Å²) in [5.41, 5.74) is 0.506. The Kier molecular flexibility index (Phi) is 5.00. The number of amides is 1. The molecule has 0 aliphatic carbocycles. The van der Waals surface area contributed by atoms with Gasteiger partial charge < -0.3 is 14.9 Å². The summed E-state index contributed by atoms with van der Waals surface area (Å²) < 4.78 is 0. The summed E-state index contributed by atoms with van der Waals surface area (Å²) in [5.74, 6) is -0.582. The highest BCUT2D eigenvalue weighted by atomic mass is 16.4. The number of hydrogen-bond donors (Lipinski definition) is 1. The molecular weight excluding hydrogens is 282 g/mol. The van der Waals surface area contributed by atoms with Crippen molar-refractivity contribution >= 4 is 17.7 Å². The van der Waals surface area contributed by atoms with Gasteiger partial charge in [-0.15, -0.1) is 0 Å². The Bertz CT molecular complexity index is 542. The maximum atomic E-state index is 12.5. The Morgan fingerprint density at radius 3 is 2.59 bits per heavy atom. The molecule has 0 saturated carbocycles. The molecule has 0 bridgehead atoms. The maximum Gasteiger partial charge on any atom is 0.308 e. The fraction of sp³-hybridized carbons (Fsp3) is 0.562. The highest BCUT2D eigenvalue weighted by molar-refractivity contribution is 5.94. The van der Waals surface area contributed by atoms with Crippen LogP contribution < -0.4 is 4.90 Å². The van der Waals surface area contributed by atoms with Gasteiger partial charge in [-0.1, -0.05) is 13.3 Å². The lowest BCUT2D eigenvalue weighted by Crippen LogP contribution is -2.30. The first kappa shape index (κ1) is 16.3. The molecule has 6 heteroatoms. The molecular formula is C16H23N3O3. The van der Waals surface area contributed by atoms with Crippen LogP contribution >= 0.6 is 0 Å². The zero-order chi connectivity index (χ0) is 16.3. The van der Waals surface area contributed by atoms with Crippen molar-refractivity contribution in [2.75, 3.05) is 32.1 Å². The number of anilines is 1. The minimum Gasteiger partial charge on any atom is -0.481 e. The quantitative estimate of drug-likeness (QED) is 0.896. The van der Waals surface area contributed by atoms with E-state index in [-0.39, 0.29) is 18.4 Å². The van der Waals surface area contributed by atoms with Gasteiger partial charge >= 0.3 is 5.97 Å². The molecule has 2 rings (SSSR count). The number of aromatic nitrogens is 1. The van der Waals surface area contributed by atoms with E-state index in [4.69, 9.17) is 0 Å². The predicted molar refractivity (Wildman–Crippen MR) is 84.0 cm³/mol. The molecule has 0 aromatic carbocycles. The molecule has 2 heterocycles. The van der Waals surface area contributed by atoms with Gasteiger partial charge in [0.2, 0.25) is 0 Å². The van der Waals surface area contributed by atoms with E-state index in [1.165, 1.54) is 0 Å². The minimum atomic E-state index is -0.810. The number of nitrogens with zero attached hydrogens (tertiary/aromatic N) is 3. The Morgan fingerprint density at radius 2 is 2.09 bits per heavy atom. The van der Waals surface area contributed by atoms with Crippen molar-refractivity contribution in [1.29, 1.82) is 0 Å². The molecule has 2 atom stereocenters. The van der Waals surface area contributed by atoms with Crippen LogP contribution in [0.15, 0.2) is 18.3 Å². The van der Waals surface area contributed by atoms with Gasteiger partial charge in [0.15, 0.2) is 0 Å². The van der Waals surface area contributed by atoms with E-state index in [2.05, 4.69) is 4.98 Å². The predicted octanol–water partition coefficient (Wildman–Crippen LogP) is 1.72. The molecule has 1 aliphatic rings. The van der Waals surface area contributed by atoms with Crippen LogP contribution in [-0.4, -0.2) is 54.1 Å². The molecule has 0 unspecified atom stereocenters. The van der Waals surface area contributed by atoms with Crippen molar-refractivity contribution in [2.45, 2.75) is 19.8 Å². The van der Waals surface area contributed by atoms with E-state index in [0.29, 0.717) is 12.1 Å². The zero-order valence-electron chi connectivity index (χ0n) is 13.3. The minimum absolute atomic E-state index is 0.0421. The lowest BCUT2D eigenvalue weighted by molar-refractivity contribution is -0.142. The Labute approximate surface area is 130 Å². The molecule has 120 valence electrons. The van der Waals surface area contributed by atoms with Crippen molar-refractivity contribution in [3.05, 3.63) is 23.9 Å². The number of pyridine rings is 1. The van der Waals surface area contributed by atoms with Crippen LogP contribution in [0.25, 0.3) is 0 Å². The molecule has 0 spiro atoms. The first-order valence-electron chi connectivity index (χ1n) is 7.59. The summed E-state index contributed by atoms with van der Waals surface area (Å²) in [5, 5.41) is 9.32. The number of carboxylic acids is 1. The molecule has 1 amide bonds. The van der Waals surface area contributed by atoms with E-state index in [9.17, 15) is 14.7 Å². The fourth-order valence-corrected chi connectivity index (χ4v) is 2.94. The van der Waals surface area contributed by atoms with Crippen molar-refractivity contribution in [3.8, 4) is 0 Å². The van der Waals surface area contributed by atoms with Crippen molar-refractivity contribution in [1.82, 2.24) is 9.88 Å². The van der Waals surface area contributed by atoms with Gasteiger partial charge in [0.05, 0.1) is 11.5 Å². The number of likely N-dealkylation sites (tertiary alicyclic amines) is 1. The van der Waals surface area contributed by atoms with E-state index >= 15 is 0 Å². The lowest BCUT2D eigenvalue weighted by Gasteiger charge is -2.17. The monoisotopic (exact) mass is 305 g/mol. The second-order valence-electron chi connectivity index (χ2n) is 6.00. The summed E-state index contributed by atoms with van der Waals surface area (Å²) >= 11 is 0. The van der Waals surface area contributed by atoms with Gasteiger partial charge in [0.25, 0.3) is 5.91 Å². The normalized spacial score (nSPS) is 21.0. The first-order valence-corrected chi connectivity index (χ1v) is 7.59. The molecule has 1 N–H and O–H groups in total. The SMILES string of the molecule is CCC[C@@H]1CN(C(=O)c2ccc(N(C)C)nc2)C[C@H]1C(=O)O. The molecule has 22 heavy (non-hydrogen) atoms. The molecule has 6 nitrogen and oxygen atoms in total. The van der Waals surface area contributed by atoms with Crippen LogP contribution in [0.3, 0.4) is 0 Å². The second-order valence-corrected chi connectivity index (χ2v) is 6.00. The van der Waals surface area contributed by atoms with Gasteiger partial charge in [-0.05, 0) is 24.5 Å². The number of hydrogen-bond acceptors (Lipinski definition) is 4. The van der Waals surface area contributed by atoms with Gasteiger partial charge in [-0.25, -0.2) is 4.98 Å². The van der Waals surface area contributed by atoms with Crippen LogP contribution in [0, 0.1) is 11.8 Å². The number of carbonyl (C=O) groups is 2. The lowest BCUT2D eigenvalue weighted by atomic mass is 9.92. The molecule has 0 radical (unpaired) electrons. The van der Waals surface area contributed by atoms with E-state index in [1.54, 1.807) is 23.2 Å². The summed E-state index contributed by atoms with van der Waals surface area (Å²) in [4.78, 5) is 31.6. The standard InChI is InChI=1S/C16H23N3O3/c1-4-5-12-9-19(10-13(12)16(21)22)15(20)11-6-7-14(17-8-11)18(2)3/h6-8,12-13H,4-5,9-10H2,1-3H3,(H,21,22)/t12-,13-/m1/s1. The third kappa shape index (κ3) is 3.37. The number of rotatable bonds is 5. The summed E-state index contributed by atoms with van der Waals surface area (Å²) in [6.45, 7) is 2.83. The maximum absolute atomic E-state index is 12.5. The molecule has 1 saturated heterocycles. The first-order chi connectivity index (χ1) is 10.4. The summed E-state index contributed by atoms with van der Waals surface area (Å²) in [6, 6.07) is 3.54. The Hall–Kier alpha value is -2.11. The molecule has 1 aromatic heterocycles. The third-order valence-electron chi connectivity index (χ3n) is 4.16. The van der Waals surface area contributed by atoms with Crippen LogP contribution in [0.5, 0.6) is 0 Å². The number of carbonyl (C=O) groups excluding carboxylic acids is 1. The van der Waals surface area contributed by atoms with Crippen molar-refractivity contribution < 1.29 is 14.7 Å². The smallest absolute Gasteiger partial charge is 0.308 e. The van der Waals surface area contributed by atoms with Crippen molar-refractivity contribution in [3.63, 3.8) is 0 Å². The molecule has 1 aromatic rings. The third-order valence-corrected chi connectivity index (χ3v) is 4.16. The van der Waals surface area contributed by atoms with Gasteiger partial charge in [0, 0.05) is 33.4 Å². The largest absolute Gasteiger partial charge is 0.481 e. The summed E-state index contributed by atoms with van der Waals surface area (Å²) in [7, 11) is 3.77. The number of carboxylic acid groups (broad SMARTS) is 1. The topological polar surface area (TPSA) is 73.7 Å². The van der Waals surface area contributed by atoms with Crippen LogP contribution in [-0.2, 0) is 4.79 Å². The Morgan fingerprint density at radius 1 is 1.36 bits per heavy atom. The van der Waals surface area contributed by atoms with Gasteiger partial charge in [0.1, 0.15) is 5.82 Å². The molecule has 1 fully saturated rings. The highest BCUT2D eigenvalue weighted by Gasteiger charge is 2.39. The average molecular weight is 305 g/mol. The van der Waals surface area contributed by atoms with Crippen LogP contribution in [0.4, 0.5) is 5.82 Å². The molecule has 1 aliphatic heterocycles. The van der Waals surface area contributed by atoms with E-state index < -0.39 is 11.9 Å².